The Morgan fingerprint density at radius 1 is 1.50 bits per heavy atom. The number of nitrogens with zero attached hydrogens (tertiary/aromatic N) is 3. The molecule has 1 aromatic heterocycles. The minimum Gasteiger partial charge on any atom is -0.478 e. The lowest BCUT2D eigenvalue weighted by molar-refractivity contribution is -0.121. The Morgan fingerprint density at radius 2 is 2.35 bits per heavy atom. The van der Waals surface area contributed by atoms with E-state index in [0.29, 0.717) is 18.9 Å². The topological polar surface area (TPSA) is 67.3 Å². The van der Waals surface area contributed by atoms with Crippen molar-refractivity contribution in [2.24, 2.45) is 0 Å². The predicted molar refractivity (Wildman–Crippen MR) is 76.9 cm³/mol. The van der Waals surface area contributed by atoms with E-state index in [4.69, 9.17) is 4.74 Å². The number of piperidine rings is 1. The molecular formula is C14H22N4O2. The zero-order chi connectivity index (χ0) is 14.4. The van der Waals surface area contributed by atoms with Crippen LogP contribution >= 0.6 is 0 Å². The Bertz CT molecular complexity index is 453. The maximum Gasteiger partial charge on any atom is 0.219 e. The highest BCUT2D eigenvalue weighted by Gasteiger charge is 2.22. The van der Waals surface area contributed by atoms with Gasteiger partial charge in [0.1, 0.15) is 12.1 Å². The van der Waals surface area contributed by atoms with Gasteiger partial charge in [0, 0.05) is 31.6 Å². The number of carbonyl (C=O) groups excluding carboxylic acids is 1. The molecule has 0 aliphatic carbocycles. The molecule has 1 N–H and O–H groups in total. The molecule has 6 heteroatoms. The molecule has 6 nitrogen and oxygen atoms in total. The van der Waals surface area contributed by atoms with Gasteiger partial charge in [0.2, 0.25) is 11.8 Å². The monoisotopic (exact) mass is 278 g/mol. The number of hydrogen-bond acceptors (Lipinski definition) is 5. The Hall–Kier alpha value is -1.85. The summed E-state index contributed by atoms with van der Waals surface area (Å²) in [5, 5.41) is 3.05. The van der Waals surface area contributed by atoms with Gasteiger partial charge in [-0.1, -0.05) is 6.92 Å². The molecule has 1 aromatic rings. The van der Waals surface area contributed by atoms with Crippen molar-refractivity contribution in [2.75, 3.05) is 24.6 Å². The summed E-state index contributed by atoms with van der Waals surface area (Å²) < 4.78 is 5.40. The molecule has 0 aromatic carbocycles. The summed E-state index contributed by atoms with van der Waals surface area (Å²) >= 11 is 0. The molecule has 110 valence electrons. The molecule has 1 aliphatic rings. The molecular weight excluding hydrogens is 256 g/mol. The maximum atomic E-state index is 11.5. The summed E-state index contributed by atoms with van der Waals surface area (Å²) in [6.07, 6.45) is 4.11. The molecule has 1 fully saturated rings. The Labute approximate surface area is 119 Å². The van der Waals surface area contributed by atoms with E-state index in [9.17, 15) is 4.79 Å². The Balaban J connectivity index is 2.01. The minimum absolute atomic E-state index is 0.106. The van der Waals surface area contributed by atoms with Crippen molar-refractivity contribution in [3.63, 3.8) is 0 Å². The van der Waals surface area contributed by atoms with Crippen molar-refractivity contribution in [3.8, 4) is 5.88 Å². The van der Waals surface area contributed by atoms with Crippen molar-refractivity contribution in [1.29, 1.82) is 0 Å². The molecule has 1 atom stereocenters. The molecule has 0 bridgehead atoms. The van der Waals surface area contributed by atoms with E-state index in [2.05, 4.69) is 20.2 Å². The van der Waals surface area contributed by atoms with Crippen molar-refractivity contribution < 1.29 is 9.53 Å². The summed E-state index contributed by atoms with van der Waals surface area (Å²) in [5.41, 5.74) is 0. The molecule has 1 aliphatic heterocycles. The van der Waals surface area contributed by atoms with Gasteiger partial charge in [0.25, 0.3) is 0 Å². The lowest BCUT2D eigenvalue weighted by atomic mass is 10.1. The smallest absolute Gasteiger partial charge is 0.219 e. The third-order valence-electron chi connectivity index (χ3n) is 3.35. The van der Waals surface area contributed by atoms with Crippen molar-refractivity contribution in [2.45, 2.75) is 39.2 Å². The number of hydrogen-bond donors (Lipinski definition) is 1. The van der Waals surface area contributed by atoms with Crippen LogP contribution in [0.3, 0.4) is 0 Å². The van der Waals surface area contributed by atoms with Crippen LogP contribution in [0.1, 0.15) is 33.1 Å². The van der Waals surface area contributed by atoms with Gasteiger partial charge >= 0.3 is 0 Å². The van der Waals surface area contributed by atoms with E-state index in [-0.39, 0.29) is 11.9 Å². The van der Waals surface area contributed by atoms with E-state index < -0.39 is 0 Å². The molecule has 0 saturated carbocycles. The summed E-state index contributed by atoms with van der Waals surface area (Å²) in [5.74, 6) is 1.56. The van der Waals surface area contributed by atoms with Crippen LogP contribution in [0.5, 0.6) is 5.88 Å². The summed E-state index contributed by atoms with van der Waals surface area (Å²) in [4.78, 5) is 22.0. The fourth-order valence-electron chi connectivity index (χ4n) is 2.36. The van der Waals surface area contributed by atoms with Gasteiger partial charge in [-0.25, -0.2) is 9.97 Å². The van der Waals surface area contributed by atoms with Crippen LogP contribution in [0.2, 0.25) is 0 Å². The largest absolute Gasteiger partial charge is 0.478 e. The fraction of sp³-hybridized carbons (Fsp3) is 0.643. The third-order valence-corrected chi connectivity index (χ3v) is 3.35. The van der Waals surface area contributed by atoms with Gasteiger partial charge in [-0.2, -0.15) is 0 Å². The summed E-state index contributed by atoms with van der Waals surface area (Å²) in [6, 6.07) is 2.05. The second-order valence-corrected chi connectivity index (χ2v) is 4.85. The van der Waals surface area contributed by atoms with Crippen LogP contribution in [0.25, 0.3) is 0 Å². The average Bonchev–Trinajstić information content (AvgIpc) is 2.48. The van der Waals surface area contributed by atoms with Crippen LogP contribution in [0.15, 0.2) is 12.4 Å². The van der Waals surface area contributed by atoms with Crippen LogP contribution < -0.4 is 15.0 Å². The van der Waals surface area contributed by atoms with Crippen LogP contribution in [0.4, 0.5) is 5.82 Å². The zero-order valence-corrected chi connectivity index (χ0v) is 12.1. The van der Waals surface area contributed by atoms with E-state index in [1.54, 1.807) is 0 Å². The molecule has 1 amide bonds. The lowest BCUT2D eigenvalue weighted by Gasteiger charge is -2.33. The Kier molecular flexibility index (Phi) is 5.15. The fourth-order valence-corrected chi connectivity index (χ4v) is 2.36. The van der Waals surface area contributed by atoms with Crippen LogP contribution in [-0.2, 0) is 4.79 Å². The predicted octanol–water partition coefficient (Wildman–Crippen LogP) is 1.37. The summed E-state index contributed by atoms with van der Waals surface area (Å²) in [7, 11) is 0. The standard InChI is InChI=1S/C14H22N4O2/c1-3-13(19)17-11-6-5-7-18(9-11)12-8-14(20-4-2)16-10-15-12/h8,10-11H,3-7,9H2,1-2H3,(H,17,19)/t11-/m1/s1. The van der Waals surface area contributed by atoms with Crippen molar-refractivity contribution in [3.05, 3.63) is 12.4 Å². The Morgan fingerprint density at radius 3 is 3.10 bits per heavy atom. The normalized spacial score (nSPS) is 18.7. The number of anilines is 1. The molecule has 0 unspecified atom stereocenters. The first kappa shape index (κ1) is 14.6. The first-order valence-electron chi connectivity index (χ1n) is 7.22. The maximum absolute atomic E-state index is 11.5. The SMILES string of the molecule is CCOc1cc(N2CCC[C@@H](NC(=O)CC)C2)ncn1. The first-order chi connectivity index (χ1) is 9.72. The zero-order valence-electron chi connectivity index (χ0n) is 12.1. The molecule has 0 radical (unpaired) electrons. The second kappa shape index (κ2) is 7.07. The van der Waals surface area contributed by atoms with Crippen LogP contribution in [-0.4, -0.2) is 41.6 Å². The molecule has 1 saturated heterocycles. The highest BCUT2D eigenvalue weighted by Crippen LogP contribution is 2.20. The molecule has 2 rings (SSSR count). The number of rotatable bonds is 5. The molecule has 0 spiro atoms. The number of nitrogens with one attached hydrogen (secondary N) is 1. The second-order valence-electron chi connectivity index (χ2n) is 4.85. The lowest BCUT2D eigenvalue weighted by Crippen LogP contribution is -2.47. The van der Waals surface area contributed by atoms with E-state index in [0.717, 1.165) is 31.7 Å². The highest BCUT2D eigenvalue weighted by molar-refractivity contribution is 5.75. The quantitative estimate of drug-likeness (QED) is 0.881. The van der Waals surface area contributed by atoms with Gasteiger partial charge < -0.3 is 15.0 Å². The van der Waals surface area contributed by atoms with Gasteiger partial charge in [-0.05, 0) is 19.8 Å². The van der Waals surface area contributed by atoms with Gasteiger partial charge in [0.05, 0.1) is 6.61 Å². The first-order valence-corrected chi connectivity index (χ1v) is 7.22. The van der Waals surface area contributed by atoms with Crippen LogP contribution in [0, 0.1) is 0 Å². The average molecular weight is 278 g/mol. The summed E-state index contributed by atoms with van der Waals surface area (Å²) in [6.45, 7) is 6.12. The highest BCUT2D eigenvalue weighted by atomic mass is 16.5. The van der Waals surface area contributed by atoms with Gasteiger partial charge in [0.15, 0.2) is 0 Å². The van der Waals surface area contributed by atoms with Crippen molar-refractivity contribution >= 4 is 11.7 Å². The van der Waals surface area contributed by atoms with E-state index >= 15 is 0 Å². The van der Waals surface area contributed by atoms with Crippen molar-refractivity contribution in [1.82, 2.24) is 15.3 Å². The number of aromatic nitrogens is 2. The number of amides is 1. The van der Waals surface area contributed by atoms with E-state index in [1.807, 2.05) is 19.9 Å². The third kappa shape index (κ3) is 3.82. The number of carbonyl (C=O) groups is 1. The molecule has 2 heterocycles. The van der Waals surface area contributed by atoms with E-state index in [1.165, 1.54) is 6.33 Å². The van der Waals surface area contributed by atoms with Gasteiger partial charge in [-0.3, -0.25) is 4.79 Å². The van der Waals surface area contributed by atoms with Gasteiger partial charge in [-0.15, -0.1) is 0 Å². The number of ether oxygens (including phenoxy) is 1. The molecule has 20 heavy (non-hydrogen) atoms. The minimum atomic E-state index is 0.106.